The Labute approximate surface area is 125 Å². The van der Waals surface area contributed by atoms with E-state index >= 15 is 0 Å². The lowest BCUT2D eigenvalue weighted by atomic mass is 10.0. The molecule has 0 spiro atoms. The lowest BCUT2D eigenvalue weighted by Gasteiger charge is -2.19. The van der Waals surface area contributed by atoms with Crippen molar-refractivity contribution in [1.29, 1.82) is 0 Å². The summed E-state index contributed by atoms with van der Waals surface area (Å²) in [5, 5.41) is 22.5. The molecule has 3 N–H and O–H groups in total. The average Bonchev–Trinajstić information content (AvgIpc) is 2.53. The van der Waals surface area contributed by atoms with E-state index in [9.17, 15) is 10.2 Å². The summed E-state index contributed by atoms with van der Waals surface area (Å²) in [5.41, 5.74) is 1.89. The first kappa shape index (κ1) is 15.4. The number of ether oxygens (including phenoxy) is 1. The minimum absolute atomic E-state index is 0.0433. The number of aliphatic hydroxyl groups is 1. The Balaban J connectivity index is 2.08. The summed E-state index contributed by atoms with van der Waals surface area (Å²) in [6.07, 6.45) is 0.620. The molecule has 1 atom stereocenters. The summed E-state index contributed by atoms with van der Waals surface area (Å²) in [6.45, 7) is 0.610. The van der Waals surface area contributed by atoms with Crippen molar-refractivity contribution >= 4 is 0 Å². The molecule has 4 heteroatoms. The largest absolute Gasteiger partial charge is 0.508 e. The fraction of sp³-hybridized carbons (Fsp3) is 0.294. The normalized spacial score (nSPS) is 12.1. The van der Waals surface area contributed by atoms with E-state index in [-0.39, 0.29) is 18.4 Å². The number of aliphatic hydroxyl groups excluding tert-OH is 1. The minimum atomic E-state index is 0.0433. The van der Waals surface area contributed by atoms with Gasteiger partial charge >= 0.3 is 0 Å². The standard InChI is InChI=1S/C17H21NO3/c1-21-15-7-8-17(20)14(11-15)12-18-16(9-10-19)13-5-3-2-4-6-13/h2-8,11,16,18-20H,9-10,12H2,1H3/t16-/m1/s1. The average molecular weight is 287 g/mol. The molecule has 0 aliphatic carbocycles. The monoisotopic (exact) mass is 287 g/mol. The molecule has 0 aliphatic heterocycles. The first-order chi connectivity index (χ1) is 10.2. The summed E-state index contributed by atoms with van der Waals surface area (Å²) in [6, 6.07) is 15.2. The van der Waals surface area contributed by atoms with E-state index < -0.39 is 0 Å². The second kappa shape index (κ2) is 7.67. The summed E-state index contributed by atoms with van der Waals surface area (Å²) in [5.74, 6) is 0.946. The molecule has 4 nitrogen and oxygen atoms in total. The van der Waals surface area contributed by atoms with Gasteiger partial charge in [-0.2, -0.15) is 0 Å². The number of phenolic OH excluding ortho intramolecular Hbond substituents is 1. The van der Waals surface area contributed by atoms with Crippen molar-refractivity contribution in [1.82, 2.24) is 5.32 Å². The maximum absolute atomic E-state index is 9.90. The molecule has 2 aromatic rings. The number of nitrogens with one attached hydrogen (secondary N) is 1. The molecular weight excluding hydrogens is 266 g/mol. The zero-order chi connectivity index (χ0) is 15.1. The predicted octanol–water partition coefficient (Wildman–Crippen LogP) is 2.61. The van der Waals surface area contributed by atoms with Gasteiger partial charge < -0.3 is 20.3 Å². The Kier molecular flexibility index (Phi) is 5.60. The van der Waals surface area contributed by atoms with Crippen LogP contribution >= 0.6 is 0 Å². The van der Waals surface area contributed by atoms with Crippen LogP contribution in [0, 0.1) is 0 Å². The molecule has 0 saturated carbocycles. The minimum Gasteiger partial charge on any atom is -0.508 e. The number of phenols is 1. The van der Waals surface area contributed by atoms with Gasteiger partial charge in [0, 0.05) is 24.8 Å². The number of aromatic hydroxyl groups is 1. The van der Waals surface area contributed by atoms with Gasteiger partial charge in [0.1, 0.15) is 11.5 Å². The van der Waals surface area contributed by atoms with Gasteiger partial charge in [-0.05, 0) is 30.2 Å². The Morgan fingerprint density at radius 2 is 1.90 bits per heavy atom. The van der Waals surface area contributed by atoms with E-state index in [4.69, 9.17) is 4.74 Å². The van der Waals surface area contributed by atoms with Crippen molar-refractivity contribution in [2.24, 2.45) is 0 Å². The lowest BCUT2D eigenvalue weighted by Crippen LogP contribution is -2.22. The van der Waals surface area contributed by atoms with Gasteiger partial charge in [-0.15, -0.1) is 0 Å². The second-order valence-electron chi connectivity index (χ2n) is 4.85. The molecular formula is C17H21NO3. The zero-order valence-electron chi connectivity index (χ0n) is 12.1. The highest BCUT2D eigenvalue weighted by atomic mass is 16.5. The molecule has 0 radical (unpaired) electrons. The highest BCUT2D eigenvalue weighted by Crippen LogP contribution is 2.24. The summed E-state index contributed by atoms with van der Waals surface area (Å²) < 4.78 is 5.17. The van der Waals surface area contributed by atoms with Gasteiger partial charge in [0.2, 0.25) is 0 Å². The summed E-state index contributed by atoms with van der Waals surface area (Å²) in [7, 11) is 1.60. The van der Waals surface area contributed by atoms with E-state index in [2.05, 4.69) is 5.32 Å². The molecule has 0 unspecified atom stereocenters. The van der Waals surface area contributed by atoms with Crippen LogP contribution in [0.3, 0.4) is 0 Å². The third-order valence-electron chi connectivity index (χ3n) is 3.45. The Hall–Kier alpha value is -2.04. The number of hydrogen-bond donors (Lipinski definition) is 3. The molecule has 0 aromatic heterocycles. The van der Waals surface area contributed by atoms with Crippen molar-refractivity contribution in [3.8, 4) is 11.5 Å². The van der Waals surface area contributed by atoms with Gasteiger partial charge in [-0.1, -0.05) is 30.3 Å². The third kappa shape index (κ3) is 4.21. The van der Waals surface area contributed by atoms with Gasteiger partial charge in [0.05, 0.1) is 7.11 Å². The Morgan fingerprint density at radius 1 is 1.14 bits per heavy atom. The van der Waals surface area contributed by atoms with Crippen LogP contribution in [0.2, 0.25) is 0 Å². The topological polar surface area (TPSA) is 61.7 Å². The van der Waals surface area contributed by atoms with Crippen molar-refractivity contribution in [3.63, 3.8) is 0 Å². The van der Waals surface area contributed by atoms with Crippen LogP contribution in [0.5, 0.6) is 11.5 Å². The van der Waals surface area contributed by atoms with Crippen LogP contribution in [0.25, 0.3) is 0 Å². The quantitative estimate of drug-likeness (QED) is 0.732. The second-order valence-corrected chi connectivity index (χ2v) is 4.85. The van der Waals surface area contributed by atoms with Gasteiger partial charge in [0.25, 0.3) is 0 Å². The molecule has 0 bridgehead atoms. The van der Waals surface area contributed by atoms with E-state index in [1.807, 2.05) is 36.4 Å². The SMILES string of the molecule is COc1ccc(O)c(CN[C@H](CCO)c2ccccc2)c1. The van der Waals surface area contributed by atoms with Crippen LogP contribution in [-0.4, -0.2) is 23.9 Å². The fourth-order valence-electron chi connectivity index (χ4n) is 2.26. The van der Waals surface area contributed by atoms with Gasteiger partial charge in [-0.25, -0.2) is 0 Å². The molecule has 0 saturated heterocycles. The van der Waals surface area contributed by atoms with Crippen LogP contribution < -0.4 is 10.1 Å². The van der Waals surface area contributed by atoms with Crippen molar-refractivity contribution in [2.45, 2.75) is 19.0 Å². The summed E-state index contributed by atoms with van der Waals surface area (Å²) in [4.78, 5) is 0. The van der Waals surface area contributed by atoms with Crippen molar-refractivity contribution in [2.75, 3.05) is 13.7 Å². The third-order valence-corrected chi connectivity index (χ3v) is 3.45. The number of benzene rings is 2. The molecule has 2 rings (SSSR count). The molecule has 0 heterocycles. The molecule has 0 amide bonds. The highest BCUT2D eigenvalue weighted by molar-refractivity contribution is 5.39. The zero-order valence-corrected chi connectivity index (χ0v) is 12.1. The van der Waals surface area contributed by atoms with E-state index in [0.29, 0.717) is 18.7 Å². The predicted molar refractivity (Wildman–Crippen MR) is 82.4 cm³/mol. The molecule has 0 aliphatic rings. The summed E-state index contributed by atoms with van der Waals surface area (Å²) >= 11 is 0. The van der Waals surface area contributed by atoms with E-state index in [1.165, 1.54) is 0 Å². The van der Waals surface area contributed by atoms with E-state index in [0.717, 1.165) is 11.1 Å². The van der Waals surface area contributed by atoms with Crippen LogP contribution in [0.1, 0.15) is 23.6 Å². The van der Waals surface area contributed by atoms with Gasteiger partial charge in [-0.3, -0.25) is 0 Å². The first-order valence-electron chi connectivity index (χ1n) is 6.99. The van der Waals surface area contributed by atoms with Crippen LogP contribution in [-0.2, 0) is 6.54 Å². The number of hydrogen-bond acceptors (Lipinski definition) is 4. The molecule has 2 aromatic carbocycles. The maximum Gasteiger partial charge on any atom is 0.120 e. The fourth-order valence-corrected chi connectivity index (χ4v) is 2.26. The van der Waals surface area contributed by atoms with E-state index in [1.54, 1.807) is 19.2 Å². The molecule has 0 fully saturated rings. The molecule has 21 heavy (non-hydrogen) atoms. The maximum atomic E-state index is 9.90. The smallest absolute Gasteiger partial charge is 0.120 e. The van der Waals surface area contributed by atoms with Crippen molar-refractivity contribution in [3.05, 3.63) is 59.7 Å². The Morgan fingerprint density at radius 3 is 2.57 bits per heavy atom. The van der Waals surface area contributed by atoms with Crippen LogP contribution in [0.15, 0.2) is 48.5 Å². The number of rotatable bonds is 7. The van der Waals surface area contributed by atoms with Gasteiger partial charge in [0.15, 0.2) is 0 Å². The van der Waals surface area contributed by atoms with Crippen LogP contribution in [0.4, 0.5) is 0 Å². The lowest BCUT2D eigenvalue weighted by molar-refractivity contribution is 0.265. The number of methoxy groups -OCH3 is 1. The highest BCUT2D eigenvalue weighted by Gasteiger charge is 2.11. The first-order valence-corrected chi connectivity index (χ1v) is 6.99. The van der Waals surface area contributed by atoms with Crippen molar-refractivity contribution < 1.29 is 14.9 Å². The molecule has 112 valence electrons. The Bertz CT molecular complexity index is 557.